The number of hydrogen-bond acceptors (Lipinski definition) is 4. The molecule has 22 heavy (non-hydrogen) atoms. The van der Waals surface area contributed by atoms with Crippen LogP contribution < -0.4 is 5.32 Å². The van der Waals surface area contributed by atoms with Crippen molar-refractivity contribution in [3.8, 4) is 0 Å². The maximum absolute atomic E-state index is 12.6. The Morgan fingerprint density at radius 2 is 2.09 bits per heavy atom. The Hall–Kier alpha value is -2.43. The molecule has 0 saturated carbocycles. The number of nitrogens with one attached hydrogen (secondary N) is 1. The Morgan fingerprint density at radius 3 is 2.91 bits per heavy atom. The molecule has 2 heterocycles. The van der Waals surface area contributed by atoms with Crippen molar-refractivity contribution in [1.29, 1.82) is 0 Å². The van der Waals surface area contributed by atoms with Crippen molar-refractivity contribution in [3.63, 3.8) is 0 Å². The second-order valence-corrected chi connectivity index (χ2v) is 5.44. The molecule has 3 rings (SSSR count). The summed E-state index contributed by atoms with van der Waals surface area (Å²) in [6.45, 7) is 4.26. The first kappa shape index (κ1) is 14.5. The quantitative estimate of drug-likeness (QED) is 0.942. The van der Waals surface area contributed by atoms with Gasteiger partial charge < -0.3 is 10.2 Å². The largest absolute Gasteiger partial charge is 0.354 e. The van der Waals surface area contributed by atoms with Crippen LogP contribution in [0.15, 0.2) is 36.5 Å². The average molecular weight is 296 g/mol. The number of hydrogen-bond donors (Lipinski definition) is 1. The van der Waals surface area contributed by atoms with Crippen molar-refractivity contribution in [3.05, 3.63) is 53.3 Å². The molecule has 0 aliphatic carbocycles. The number of rotatable bonds is 4. The monoisotopic (exact) mass is 296 g/mol. The number of nitrogens with zero attached hydrogens (tertiary/aromatic N) is 3. The molecule has 1 amide bonds. The summed E-state index contributed by atoms with van der Waals surface area (Å²) in [4.78, 5) is 23.0. The lowest BCUT2D eigenvalue weighted by Gasteiger charge is -2.28. The standard InChI is InChI=1S/C17H20N4O/c1-2-9-18-17-19-10-7-15(20-17)16(22)21-11-8-13-5-3-4-6-14(13)12-21/h3-7,10H,2,8-9,11-12H2,1H3,(H,18,19,20). The lowest BCUT2D eigenvalue weighted by atomic mass is 10.00. The van der Waals surface area contributed by atoms with Gasteiger partial charge in [0.25, 0.3) is 5.91 Å². The number of amides is 1. The minimum atomic E-state index is -0.0311. The topological polar surface area (TPSA) is 58.1 Å². The maximum Gasteiger partial charge on any atom is 0.272 e. The first-order valence-corrected chi connectivity index (χ1v) is 7.71. The molecule has 5 heteroatoms. The van der Waals surface area contributed by atoms with E-state index in [9.17, 15) is 4.79 Å². The minimum Gasteiger partial charge on any atom is -0.354 e. The molecular formula is C17H20N4O. The molecule has 1 N–H and O–H groups in total. The van der Waals surface area contributed by atoms with E-state index in [1.807, 2.05) is 17.0 Å². The van der Waals surface area contributed by atoms with Crippen LogP contribution in [0.25, 0.3) is 0 Å². The predicted molar refractivity (Wildman–Crippen MR) is 85.7 cm³/mol. The van der Waals surface area contributed by atoms with Gasteiger partial charge in [-0.05, 0) is 30.0 Å². The molecule has 0 unspecified atom stereocenters. The number of aromatic nitrogens is 2. The van der Waals surface area contributed by atoms with Gasteiger partial charge in [0.15, 0.2) is 0 Å². The summed E-state index contributed by atoms with van der Waals surface area (Å²) < 4.78 is 0. The highest BCUT2D eigenvalue weighted by atomic mass is 16.2. The molecule has 0 bridgehead atoms. The third-order valence-corrected chi connectivity index (χ3v) is 3.83. The molecular weight excluding hydrogens is 276 g/mol. The van der Waals surface area contributed by atoms with Crippen LogP contribution in [0.2, 0.25) is 0 Å². The van der Waals surface area contributed by atoms with Gasteiger partial charge in [-0.25, -0.2) is 9.97 Å². The molecule has 1 aliphatic rings. The highest BCUT2D eigenvalue weighted by Gasteiger charge is 2.22. The first-order valence-electron chi connectivity index (χ1n) is 7.71. The summed E-state index contributed by atoms with van der Waals surface area (Å²) in [6, 6.07) is 9.97. The SMILES string of the molecule is CCCNc1nccc(C(=O)N2CCc3ccccc3C2)n1. The van der Waals surface area contributed by atoms with E-state index < -0.39 is 0 Å². The van der Waals surface area contributed by atoms with Gasteiger partial charge in [0.05, 0.1) is 0 Å². The van der Waals surface area contributed by atoms with Gasteiger partial charge in [-0.2, -0.15) is 0 Å². The summed E-state index contributed by atoms with van der Waals surface area (Å²) in [6.07, 6.45) is 3.52. The summed E-state index contributed by atoms with van der Waals surface area (Å²) in [5, 5.41) is 3.12. The molecule has 0 fully saturated rings. The normalized spacial score (nSPS) is 13.6. The first-order chi connectivity index (χ1) is 10.8. The zero-order valence-corrected chi connectivity index (χ0v) is 12.7. The molecule has 0 atom stereocenters. The molecule has 1 aliphatic heterocycles. The fourth-order valence-corrected chi connectivity index (χ4v) is 2.63. The molecule has 0 saturated heterocycles. The van der Waals surface area contributed by atoms with Crippen molar-refractivity contribution in [2.24, 2.45) is 0 Å². The molecule has 1 aromatic heterocycles. The van der Waals surface area contributed by atoms with Crippen molar-refractivity contribution in [2.75, 3.05) is 18.4 Å². The Balaban J connectivity index is 1.75. The summed E-state index contributed by atoms with van der Waals surface area (Å²) in [5.74, 6) is 0.488. The van der Waals surface area contributed by atoms with Crippen LogP contribution >= 0.6 is 0 Å². The summed E-state index contributed by atoms with van der Waals surface area (Å²) in [7, 11) is 0. The van der Waals surface area contributed by atoms with Crippen LogP contribution in [0.1, 0.15) is 35.0 Å². The van der Waals surface area contributed by atoms with Gasteiger partial charge in [-0.3, -0.25) is 4.79 Å². The lowest BCUT2D eigenvalue weighted by Crippen LogP contribution is -2.36. The zero-order chi connectivity index (χ0) is 15.4. The van der Waals surface area contributed by atoms with E-state index in [2.05, 4.69) is 34.3 Å². The van der Waals surface area contributed by atoms with Crippen molar-refractivity contribution in [2.45, 2.75) is 26.3 Å². The predicted octanol–water partition coefficient (Wildman–Crippen LogP) is 2.50. The van der Waals surface area contributed by atoms with Crippen molar-refractivity contribution < 1.29 is 4.79 Å². The van der Waals surface area contributed by atoms with Crippen molar-refractivity contribution in [1.82, 2.24) is 14.9 Å². The van der Waals surface area contributed by atoms with Gasteiger partial charge in [-0.15, -0.1) is 0 Å². The number of carbonyl (C=O) groups is 1. The van der Waals surface area contributed by atoms with Crippen LogP contribution in [0.3, 0.4) is 0 Å². The van der Waals surface area contributed by atoms with Gasteiger partial charge >= 0.3 is 0 Å². The van der Waals surface area contributed by atoms with Crippen molar-refractivity contribution >= 4 is 11.9 Å². The molecule has 0 radical (unpaired) electrons. The Labute approximate surface area is 130 Å². The van der Waals surface area contributed by atoms with E-state index in [0.29, 0.717) is 18.2 Å². The average Bonchev–Trinajstić information content (AvgIpc) is 2.59. The Kier molecular flexibility index (Phi) is 4.32. The Bertz CT molecular complexity index is 671. The number of fused-ring (bicyclic) bond motifs is 1. The van der Waals surface area contributed by atoms with E-state index in [4.69, 9.17) is 0 Å². The fourth-order valence-electron chi connectivity index (χ4n) is 2.63. The van der Waals surface area contributed by atoms with Gasteiger partial charge in [0.1, 0.15) is 5.69 Å². The van der Waals surface area contributed by atoms with Gasteiger partial charge in [0.2, 0.25) is 5.95 Å². The molecule has 114 valence electrons. The summed E-state index contributed by atoms with van der Waals surface area (Å²) in [5.41, 5.74) is 3.01. The second-order valence-electron chi connectivity index (χ2n) is 5.44. The van der Waals surface area contributed by atoms with Gasteiger partial charge in [-0.1, -0.05) is 31.2 Å². The summed E-state index contributed by atoms with van der Waals surface area (Å²) >= 11 is 0. The minimum absolute atomic E-state index is 0.0311. The van der Waals surface area contributed by atoms with Crippen LogP contribution in [-0.4, -0.2) is 33.9 Å². The fraction of sp³-hybridized carbons (Fsp3) is 0.353. The highest BCUT2D eigenvalue weighted by Crippen LogP contribution is 2.20. The number of anilines is 1. The van der Waals surface area contributed by atoms with Crippen LogP contribution in [0, 0.1) is 0 Å². The third-order valence-electron chi connectivity index (χ3n) is 3.83. The molecule has 2 aromatic rings. The Morgan fingerprint density at radius 1 is 1.27 bits per heavy atom. The highest BCUT2D eigenvalue weighted by molar-refractivity contribution is 5.92. The van der Waals surface area contributed by atoms with Crippen LogP contribution in [-0.2, 0) is 13.0 Å². The maximum atomic E-state index is 12.6. The van der Waals surface area contributed by atoms with Gasteiger partial charge in [0, 0.05) is 25.8 Å². The van der Waals surface area contributed by atoms with Crippen LogP contribution in [0.5, 0.6) is 0 Å². The molecule has 1 aromatic carbocycles. The molecule has 5 nitrogen and oxygen atoms in total. The zero-order valence-electron chi connectivity index (χ0n) is 12.7. The van der Waals surface area contributed by atoms with Crippen LogP contribution in [0.4, 0.5) is 5.95 Å². The number of carbonyl (C=O) groups excluding carboxylic acids is 1. The van der Waals surface area contributed by atoms with E-state index in [-0.39, 0.29) is 5.91 Å². The molecule has 0 spiro atoms. The smallest absolute Gasteiger partial charge is 0.272 e. The van der Waals surface area contributed by atoms with E-state index >= 15 is 0 Å². The van der Waals surface area contributed by atoms with E-state index in [1.165, 1.54) is 11.1 Å². The number of benzene rings is 1. The van der Waals surface area contributed by atoms with E-state index in [0.717, 1.165) is 25.9 Å². The second kappa shape index (κ2) is 6.56. The van der Waals surface area contributed by atoms with E-state index in [1.54, 1.807) is 12.3 Å². The third kappa shape index (κ3) is 3.08. The lowest BCUT2D eigenvalue weighted by molar-refractivity contribution is 0.0728.